The molecule has 1 aliphatic rings. The average Bonchev–Trinajstić information content (AvgIpc) is 3.23. The molecular formula is C22H22F4N4O3. The van der Waals surface area contributed by atoms with E-state index in [1.165, 1.54) is 19.4 Å². The molecule has 176 valence electrons. The first-order valence-corrected chi connectivity index (χ1v) is 10.4. The van der Waals surface area contributed by atoms with Gasteiger partial charge in [-0.2, -0.15) is 18.3 Å². The van der Waals surface area contributed by atoms with Crippen LogP contribution in [0.15, 0.2) is 30.6 Å². The fourth-order valence-corrected chi connectivity index (χ4v) is 4.29. The smallest absolute Gasteiger partial charge is 0.418 e. The third-order valence-electron chi connectivity index (χ3n) is 5.98. The number of halogens is 4. The summed E-state index contributed by atoms with van der Waals surface area (Å²) in [6.45, 7) is 0.115. The van der Waals surface area contributed by atoms with Crippen LogP contribution in [0.4, 0.5) is 23.2 Å². The SMILES string of the molecule is COc1c(NC(=O)c2ncccc2C(F)(F)F)cc2cnn(C3CCC(CO)CC3)c2c1F. The zero-order valence-corrected chi connectivity index (χ0v) is 17.7. The van der Waals surface area contributed by atoms with Gasteiger partial charge in [0.2, 0.25) is 0 Å². The Hall–Kier alpha value is -3.21. The van der Waals surface area contributed by atoms with Gasteiger partial charge in [-0.05, 0) is 49.8 Å². The maximum Gasteiger partial charge on any atom is 0.418 e. The van der Waals surface area contributed by atoms with Crippen molar-refractivity contribution < 1.29 is 32.2 Å². The summed E-state index contributed by atoms with van der Waals surface area (Å²) in [6, 6.07) is 3.17. The number of nitrogens with zero attached hydrogens (tertiary/aromatic N) is 3. The van der Waals surface area contributed by atoms with Crippen molar-refractivity contribution in [1.82, 2.24) is 14.8 Å². The van der Waals surface area contributed by atoms with Gasteiger partial charge in [-0.1, -0.05) is 0 Å². The summed E-state index contributed by atoms with van der Waals surface area (Å²) in [5, 5.41) is 16.3. The van der Waals surface area contributed by atoms with Crippen molar-refractivity contribution in [3.63, 3.8) is 0 Å². The van der Waals surface area contributed by atoms with Crippen LogP contribution in [0.2, 0.25) is 0 Å². The number of aromatic nitrogens is 3. The van der Waals surface area contributed by atoms with Gasteiger partial charge in [-0.15, -0.1) is 0 Å². The lowest BCUT2D eigenvalue weighted by Gasteiger charge is -2.28. The average molecular weight is 466 g/mol. The molecule has 11 heteroatoms. The highest BCUT2D eigenvalue weighted by atomic mass is 19.4. The number of ether oxygens (including phenoxy) is 1. The van der Waals surface area contributed by atoms with E-state index in [2.05, 4.69) is 15.4 Å². The van der Waals surface area contributed by atoms with Crippen molar-refractivity contribution in [1.29, 1.82) is 0 Å². The molecule has 0 bridgehead atoms. The molecule has 4 rings (SSSR count). The van der Waals surface area contributed by atoms with E-state index in [9.17, 15) is 23.1 Å². The highest BCUT2D eigenvalue weighted by Crippen LogP contribution is 2.39. The third kappa shape index (κ3) is 4.37. The first-order chi connectivity index (χ1) is 15.7. The van der Waals surface area contributed by atoms with Crippen LogP contribution in [0.5, 0.6) is 5.75 Å². The van der Waals surface area contributed by atoms with Gasteiger partial charge < -0.3 is 15.2 Å². The van der Waals surface area contributed by atoms with Crippen LogP contribution in [-0.2, 0) is 6.18 Å². The Kier molecular flexibility index (Phi) is 6.24. The molecule has 1 saturated carbocycles. The molecule has 0 radical (unpaired) electrons. The first kappa shape index (κ1) is 23.0. The molecule has 1 amide bonds. The molecule has 1 fully saturated rings. The summed E-state index contributed by atoms with van der Waals surface area (Å²) in [5.74, 6) is -2.01. The van der Waals surface area contributed by atoms with Crippen LogP contribution >= 0.6 is 0 Å². The number of amides is 1. The molecular weight excluding hydrogens is 444 g/mol. The molecule has 3 aromatic rings. The largest absolute Gasteiger partial charge is 0.492 e. The number of carbonyl (C=O) groups is 1. The van der Waals surface area contributed by atoms with E-state index < -0.39 is 29.2 Å². The van der Waals surface area contributed by atoms with Gasteiger partial charge in [-0.3, -0.25) is 14.5 Å². The van der Waals surface area contributed by atoms with Crippen LogP contribution < -0.4 is 10.1 Å². The molecule has 0 aliphatic heterocycles. The molecule has 0 spiro atoms. The predicted octanol–water partition coefficient (Wildman–Crippen LogP) is 4.57. The Balaban J connectivity index is 1.69. The number of methoxy groups -OCH3 is 1. The molecule has 2 heterocycles. The number of hydrogen-bond donors (Lipinski definition) is 2. The number of carbonyl (C=O) groups excluding carboxylic acids is 1. The zero-order valence-electron chi connectivity index (χ0n) is 17.7. The molecule has 33 heavy (non-hydrogen) atoms. The number of anilines is 1. The maximum atomic E-state index is 15.5. The molecule has 2 aromatic heterocycles. The van der Waals surface area contributed by atoms with Gasteiger partial charge in [0.15, 0.2) is 11.6 Å². The highest BCUT2D eigenvalue weighted by Gasteiger charge is 2.36. The quantitative estimate of drug-likeness (QED) is 0.538. The van der Waals surface area contributed by atoms with Gasteiger partial charge in [0, 0.05) is 18.2 Å². The Labute approximate surface area is 186 Å². The number of pyridine rings is 1. The van der Waals surface area contributed by atoms with E-state index in [0.29, 0.717) is 5.39 Å². The molecule has 7 nitrogen and oxygen atoms in total. The van der Waals surface area contributed by atoms with Crippen LogP contribution in [0.1, 0.15) is 47.8 Å². The van der Waals surface area contributed by atoms with Crippen LogP contribution in [0.25, 0.3) is 10.9 Å². The van der Waals surface area contributed by atoms with Crippen molar-refractivity contribution in [2.75, 3.05) is 19.0 Å². The van der Waals surface area contributed by atoms with Crippen LogP contribution in [0, 0.1) is 11.7 Å². The molecule has 2 N–H and O–H groups in total. The standard InChI is InChI=1S/C22H22F4N4O3/c1-33-20-16(29-21(32)18-15(22(24,25)26)3-2-8-27-18)9-13-10-28-30(19(13)17(20)23)14-6-4-12(11-31)5-7-14/h2-3,8-10,12,14,31H,4-7,11H2,1H3,(H,29,32). The molecule has 0 atom stereocenters. The van der Waals surface area contributed by atoms with Crippen LogP contribution in [0.3, 0.4) is 0 Å². The normalized spacial score (nSPS) is 19.0. The summed E-state index contributed by atoms with van der Waals surface area (Å²) < 4.78 is 62.0. The summed E-state index contributed by atoms with van der Waals surface area (Å²) in [6.07, 6.45) is 0.761. The Bertz CT molecular complexity index is 1170. The lowest BCUT2D eigenvalue weighted by molar-refractivity contribution is -0.138. The van der Waals surface area contributed by atoms with Crippen molar-refractivity contribution in [3.05, 3.63) is 47.7 Å². The monoisotopic (exact) mass is 466 g/mol. The van der Waals surface area contributed by atoms with Gasteiger partial charge in [0.25, 0.3) is 5.91 Å². The minimum Gasteiger partial charge on any atom is -0.492 e. The maximum absolute atomic E-state index is 15.5. The number of nitrogens with one attached hydrogen (secondary N) is 1. The van der Waals surface area contributed by atoms with Gasteiger partial charge >= 0.3 is 6.18 Å². The van der Waals surface area contributed by atoms with Gasteiger partial charge in [0.1, 0.15) is 11.2 Å². The van der Waals surface area contributed by atoms with Gasteiger partial charge in [-0.25, -0.2) is 4.39 Å². The fraction of sp³-hybridized carbons (Fsp3) is 0.409. The van der Waals surface area contributed by atoms with E-state index in [1.54, 1.807) is 4.68 Å². The van der Waals surface area contributed by atoms with E-state index in [0.717, 1.165) is 44.0 Å². The predicted molar refractivity (Wildman–Crippen MR) is 112 cm³/mol. The van der Waals surface area contributed by atoms with Crippen molar-refractivity contribution in [2.45, 2.75) is 37.9 Å². The number of benzene rings is 1. The summed E-state index contributed by atoms with van der Waals surface area (Å²) in [5.41, 5.74) is -1.97. The minimum atomic E-state index is -4.78. The third-order valence-corrected chi connectivity index (χ3v) is 5.98. The van der Waals surface area contributed by atoms with Crippen molar-refractivity contribution in [2.24, 2.45) is 5.92 Å². The second-order valence-corrected chi connectivity index (χ2v) is 8.01. The minimum absolute atomic E-state index is 0.0622. The summed E-state index contributed by atoms with van der Waals surface area (Å²) >= 11 is 0. The van der Waals surface area contributed by atoms with E-state index in [-0.39, 0.29) is 35.5 Å². The number of rotatable bonds is 5. The van der Waals surface area contributed by atoms with Crippen molar-refractivity contribution in [3.8, 4) is 5.75 Å². The Morgan fingerprint density at radius 3 is 2.67 bits per heavy atom. The molecule has 0 unspecified atom stereocenters. The number of hydrogen-bond acceptors (Lipinski definition) is 5. The number of aliphatic hydroxyl groups is 1. The van der Waals surface area contributed by atoms with E-state index in [1.807, 2.05) is 0 Å². The van der Waals surface area contributed by atoms with Crippen molar-refractivity contribution >= 4 is 22.5 Å². The number of fused-ring (bicyclic) bond motifs is 1. The Morgan fingerprint density at radius 2 is 2.03 bits per heavy atom. The molecule has 1 aromatic carbocycles. The highest BCUT2D eigenvalue weighted by molar-refractivity contribution is 6.06. The lowest BCUT2D eigenvalue weighted by Crippen LogP contribution is -2.21. The molecule has 0 saturated heterocycles. The number of alkyl halides is 3. The summed E-state index contributed by atoms with van der Waals surface area (Å²) in [4.78, 5) is 16.2. The van der Waals surface area contributed by atoms with Gasteiger partial charge in [0.05, 0.1) is 30.6 Å². The number of aliphatic hydroxyl groups excluding tert-OH is 1. The molecule has 1 aliphatic carbocycles. The Morgan fingerprint density at radius 1 is 1.30 bits per heavy atom. The summed E-state index contributed by atoms with van der Waals surface area (Å²) in [7, 11) is 1.20. The second-order valence-electron chi connectivity index (χ2n) is 8.01. The van der Waals surface area contributed by atoms with E-state index in [4.69, 9.17) is 4.74 Å². The first-order valence-electron chi connectivity index (χ1n) is 10.4. The van der Waals surface area contributed by atoms with E-state index >= 15 is 4.39 Å². The lowest BCUT2D eigenvalue weighted by atomic mass is 9.86. The topological polar surface area (TPSA) is 89.3 Å². The zero-order chi connectivity index (χ0) is 23.8. The fourth-order valence-electron chi connectivity index (χ4n) is 4.29. The van der Waals surface area contributed by atoms with Crippen LogP contribution in [-0.4, -0.2) is 39.5 Å². The second kappa shape index (κ2) is 8.97.